The Hall–Kier alpha value is -2.71. The second kappa shape index (κ2) is 8.23. The molecule has 0 bridgehead atoms. The van der Waals surface area contributed by atoms with Crippen molar-refractivity contribution in [3.8, 4) is 5.75 Å². The van der Waals surface area contributed by atoms with Crippen LogP contribution < -0.4 is 10.1 Å². The Kier molecular flexibility index (Phi) is 6.63. The fourth-order valence-electron chi connectivity index (χ4n) is 1.61. The van der Waals surface area contributed by atoms with Gasteiger partial charge in [-0.05, 0) is 30.7 Å². The number of carbonyl (C=O) groups is 2. The lowest BCUT2D eigenvalue weighted by atomic mass is 10.2. The molecule has 6 nitrogen and oxygen atoms in total. The molecule has 1 aromatic rings. The van der Waals surface area contributed by atoms with E-state index in [1.54, 1.807) is 6.92 Å². The Balaban J connectivity index is 2.95. The number of methoxy groups -OCH3 is 2. The van der Waals surface area contributed by atoms with Crippen molar-refractivity contribution in [3.63, 3.8) is 0 Å². The summed E-state index contributed by atoms with van der Waals surface area (Å²) in [5.74, 6) is -1.56. The summed E-state index contributed by atoms with van der Waals surface area (Å²) >= 11 is 0. The second-order valence-electron chi connectivity index (χ2n) is 4.58. The van der Waals surface area contributed by atoms with Gasteiger partial charge in [-0.25, -0.2) is 9.59 Å². The van der Waals surface area contributed by atoms with Crippen LogP contribution in [0.2, 0.25) is 0 Å². The van der Waals surface area contributed by atoms with Gasteiger partial charge in [-0.3, -0.25) is 0 Å². The number of hydrogen-bond acceptors (Lipinski definition) is 6. The third-order valence-corrected chi connectivity index (χ3v) is 2.74. The first kappa shape index (κ1) is 19.3. The lowest BCUT2D eigenvalue weighted by molar-refractivity contribution is -0.153. The van der Waals surface area contributed by atoms with Gasteiger partial charge in [0.25, 0.3) is 0 Å². The SMILES string of the molecule is COC(=O)/C=C(/Nc1ccc(OCC(F)(F)F)cc1C)C(=O)OC. The highest BCUT2D eigenvalue weighted by Crippen LogP contribution is 2.24. The summed E-state index contributed by atoms with van der Waals surface area (Å²) in [6.45, 7) is 0.185. The minimum absolute atomic E-state index is 0.0203. The van der Waals surface area contributed by atoms with Crippen molar-refractivity contribution in [1.29, 1.82) is 0 Å². The largest absolute Gasteiger partial charge is 0.484 e. The Labute approximate surface area is 136 Å². The molecular weight excluding hydrogens is 331 g/mol. The molecule has 0 aliphatic carbocycles. The summed E-state index contributed by atoms with van der Waals surface area (Å²) in [5.41, 5.74) is 0.695. The van der Waals surface area contributed by atoms with Gasteiger partial charge in [-0.2, -0.15) is 13.2 Å². The molecule has 0 aromatic heterocycles. The number of ether oxygens (including phenoxy) is 3. The molecule has 0 radical (unpaired) electrons. The van der Waals surface area contributed by atoms with Crippen molar-refractivity contribution in [2.24, 2.45) is 0 Å². The Morgan fingerprint density at radius 3 is 2.38 bits per heavy atom. The third kappa shape index (κ3) is 6.19. The van der Waals surface area contributed by atoms with Crippen molar-refractivity contribution in [3.05, 3.63) is 35.5 Å². The zero-order chi connectivity index (χ0) is 18.3. The van der Waals surface area contributed by atoms with E-state index in [0.717, 1.165) is 20.3 Å². The first-order valence-corrected chi connectivity index (χ1v) is 6.61. The summed E-state index contributed by atoms with van der Waals surface area (Å²) in [7, 11) is 2.28. The summed E-state index contributed by atoms with van der Waals surface area (Å²) in [6, 6.07) is 4.07. The van der Waals surface area contributed by atoms with Crippen molar-refractivity contribution in [1.82, 2.24) is 0 Å². The molecule has 0 saturated heterocycles. The third-order valence-electron chi connectivity index (χ3n) is 2.74. The second-order valence-corrected chi connectivity index (χ2v) is 4.58. The van der Waals surface area contributed by atoms with Crippen LogP contribution in [0.15, 0.2) is 30.0 Å². The van der Waals surface area contributed by atoms with E-state index < -0.39 is 24.7 Å². The molecule has 24 heavy (non-hydrogen) atoms. The van der Waals surface area contributed by atoms with Gasteiger partial charge in [0, 0.05) is 5.69 Å². The number of esters is 2. The number of halogens is 3. The summed E-state index contributed by atoms with van der Waals surface area (Å²) in [5, 5.41) is 2.67. The zero-order valence-electron chi connectivity index (χ0n) is 13.2. The minimum atomic E-state index is -4.44. The van der Waals surface area contributed by atoms with Gasteiger partial charge < -0.3 is 19.5 Å². The number of benzene rings is 1. The number of nitrogens with one attached hydrogen (secondary N) is 1. The fourth-order valence-corrected chi connectivity index (χ4v) is 1.61. The maximum atomic E-state index is 12.1. The van der Waals surface area contributed by atoms with Crippen molar-refractivity contribution < 1.29 is 37.0 Å². The number of alkyl halides is 3. The highest BCUT2D eigenvalue weighted by molar-refractivity contribution is 5.98. The van der Waals surface area contributed by atoms with E-state index in [-0.39, 0.29) is 11.4 Å². The van der Waals surface area contributed by atoms with Crippen molar-refractivity contribution in [2.45, 2.75) is 13.1 Å². The van der Waals surface area contributed by atoms with Gasteiger partial charge >= 0.3 is 18.1 Å². The van der Waals surface area contributed by atoms with Crippen LogP contribution in [0.4, 0.5) is 18.9 Å². The van der Waals surface area contributed by atoms with Crippen LogP contribution in [0.3, 0.4) is 0 Å². The molecule has 9 heteroatoms. The standard InChI is InChI=1S/C15H16F3NO5/c1-9-6-10(24-8-15(16,17)18)4-5-11(9)19-12(14(21)23-3)7-13(20)22-2/h4-7,19H,8H2,1-3H3/b12-7+. The van der Waals surface area contributed by atoms with E-state index in [1.807, 2.05) is 0 Å². The van der Waals surface area contributed by atoms with E-state index in [9.17, 15) is 22.8 Å². The molecular formula is C15H16F3NO5. The number of hydrogen-bond donors (Lipinski definition) is 1. The normalized spacial score (nSPS) is 11.7. The topological polar surface area (TPSA) is 73.9 Å². The lowest BCUT2D eigenvalue weighted by Crippen LogP contribution is -2.19. The molecule has 0 fully saturated rings. The van der Waals surface area contributed by atoms with Crippen LogP contribution in [-0.4, -0.2) is 38.9 Å². The Morgan fingerprint density at radius 2 is 1.88 bits per heavy atom. The van der Waals surface area contributed by atoms with Gasteiger partial charge in [-0.15, -0.1) is 0 Å². The predicted octanol–water partition coefficient (Wildman–Crippen LogP) is 2.58. The average molecular weight is 347 g/mol. The highest BCUT2D eigenvalue weighted by Gasteiger charge is 2.28. The van der Waals surface area contributed by atoms with Crippen LogP contribution in [-0.2, 0) is 19.1 Å². The molecule has 0 atom stereocenters. The molecule has 0 amide bonds. The van der Waals surface area contributed by atoms with Crippen LogP contribution in [0.5, 0.6) is 5.75 Å². The zero-order valence-corrected chi connectivity index (χ0v) is 13.2. The molecule has 0 aliphatic rings. The average Bonchev–Trinajstić information content (AvgIpc) is 2.52. The first-order valence-electron chi connectivity index (χ1n) is 6.61. The molecule has 1 N–H and O–H groups in total. The Morgan fingerprint density at radius 1 is 1.21 bits per heavy atom. The van der Waals surface area contributed by atoms with Gasteiger partial charge in [0.1, 0.15) is 11.4 Å². The van der Waals surface area contributed by atoms with E-state index in [4.69, 9.17) is 0 Å². The summed E-state index contributed by atoms with van der Waals surface area (Å²) < 4.78 is 50.0. The van der Waals surface area contributed by atoms with Crippen LogP contribution in [0.1, 0.15) is 5.56 Å². The highest BCUT2D eigenvalue weighted by atomic mass is 19.4. The van der Waals surface area contributed by atoms with Crippen molar-refractivity contribution in [2.75, 3.05) is 26.1 Å². The molecule has 0 unspecified atom stereocenters. The van der Waals surface area contributed by atoms with Gasteiger partial charge in [-0.1, -0.05) is 0 Å². The molecule has 0 saturated carbocycles. The maximum Gasteiger partial charge on any atom is 0.422 e. The lowest BCUT2D eigenvalue weighted by Gasteiger charge is -2.14. The number of anilines is 1. The van der Waals surface area contributed by atoms with Crippen LogP contribution in [0, 0.1) is 6.92 Å². The fraction of sp³-hybridized carbons (Fsp3) is 0.333. The quantitative estimate of drug-likeness (QED) is 0.630. The molecule has 132 valence electrons. The minimum Gasteiger partial charge on any atom is -0.484 e. The van der Waals surface area contributed by atoms with E-state index in [2.05, 4.69) is 19.5 Å². The van der Waals surface area contributed by atoms with E-state index in [0.29, 0.717) is 11.3 Å². The van der Waals surface area contributed by atoms with Crippen molar-refractivity contribution >= 4 is 17.6 Å². The number of rotatable bonds is 6. The predicted molar refractivity (Wildman–Crippen MR) is 78.5 cm³/mol. The van der Waals surface area contributed by atoms with Gasteiger partial charge in [0.05, 0.1) is 20.3 Å². The Bertz CT molecular complexity index is 640. The van der Waals surface area contributed by atoms with E-state index >= 15 is 0 Å². The van der Waals surface area contributed by atoms with E-state index in [1.165, 1.54) is 18.2 Å². The van der Waals surface area contributed by atoms with Crippen LogP contribution in [0.25, 0.3) is 0 Å². The van der Waals surface area contributed by atoms with Crippen LogP contribution >= 0.6 is 0 Å². The molecule has 0 heterocycles. The maximum absolute atomic E-state index is 12.1. The molecule has 1 rings (SSSR count). The molecule has 0 spiro atoms. The number of aryl methyl sites for hydroxylation is 1. The monoisotopic (exact) mass is 347 g/mol. The van der Waals surface area contributed by atoms with Gasteiger partial charge in [0.2, 0.25) is 0 Å². The smallest absolute Gasteiger partial charge is 0.422 e. The first-order chi connectivity index (χ1) is 11.2. The summed E-state index contributed by atoms with van der Waals surface area (Å²) in [6.07, 6.45) is -3.54. The molecule has 0 aliphatic heterocycles. The van der Waals surface area contributed by atoms with Gasteiger partial charge in [0.15, 0.2) is 6.61 Å². The number of carbonyl (C=O) groups excluding carboxylic acids is 2. The molecule has 1 aromatic carbocycles. The summed E-state index contributed by atoms with van der Waals surface area (Å²) in [4.78, 5) is 22.9.